The largest absolute Gasteiger partial charge is 0.348 e. The normalized spacial score (nSPS) is 11.3. The zero-order valence-electron chi connectivity index (χ0n) is 15.4. The summed E-state index contributed by atoms with van der Waals surface area (Å²) in [6.07, 6.45) is 1.36. The molecule has 0 saturated heterocycles. The summed E-state index contributed by atoms with van der Waals surface area (Å²) in [5.74, 6) is -1.02. The Morgan fingerprint density at radius 2 is 1.73 bits per heavy atom. The average molecular weight is 468 g/mol. The highest BCUT2D eigenvalue weighted by molar-refractivity contribution is 7.89. The molecule has 0 atom stereocenters. The summed E-state index contributed by atoms with van der Waals surface area (Å²) < 4.78 is 40.2. The minimum atomic E-state index is -3.90. The molecule has 3 aromatic rings. The fourth-order valence-electron chi connectivity index (χ4n) is 2.45. The minimum Gasteiger partial charge on any atom is -0.348 e. The van der Waals surface area contributed by atoms with Crippen molar-refractivity contribution in [3.05, 3.63) is 93.5 Å². The van der Waals surface area contributed by atoms with E-state index in [0.717, 1.165) is 23.8 Å². The molecule has 0 fully saturated rings. The Hall–Kier alpha value is -2.52. The number of nitrogens with zero attached hydrogens (tertiary/aromatic N) is 1. The Kier molecular flexibility index (Phi) is 7.04. The molecule has 3 rings (SSSR count). The first kappa shape index (κ1) is 22.2. The van der Waals surface area contributed by atoms with Crippen LogP contribution in [-0.2, 0) is 23.1 Å². The Balaban J connectivity index is 1.57. The lowest BCUT2D eigenvalue weighted by Gasteiger charge is -2.08. The van der Waals surface area contributed by atoms with Gasteiger partial charge in [-0.25, -0.2) is 17.5 Å². The summed E-state index contributed by atoms with van der Waals surface area (Å²) in [6.45, 7) is 0.224. The maximum absolute atomic E-state index is 13.2. The number of halogens is 3. The lowest BCUT2D eigenvalue weighted by atomic mass is 10.2. The van der Waals surface area contributed by atoms with E-state index in [1.165, 1.54) is 12.3 Å². The van der Waals surface area contributed by atoms with Crippen molar-refractivity contribution in [2.24, 2.45) is 0 Å². The van der Waals surface area contributed by atoms with Gasteiger partial charge in [0.2, 0.25) is 10.0 Å². The van der Waals surface area contributed by atoms with Gasteiger partial charge in [-0.2, -0.15) is 0 Å². The molecular weight excluding hydrogens is 452 g/mol. The number of hydrogen-bond acceptors (Lipinski definition) is 4. The first-order valence-corrected chi connectivity index (χ1v) is 10.9. The molecule has 2 aromatic carbocycles. The second-order valence-corrected chi connectivity index (χ2v) is 8.86. The van der Waals surface area contributed by atoms with Gasteiger partial charge in [0.25, 0.3) is 5.91 Å². The monoisotopic (exact) mass is 467 g/mol. The standard InChI is InChI=1S/C20H16Cl2FN3O3S/c21-15-4-1-13(2-5-15)10-25-20(27)14-3-6-16(24-11-14)12-26-30(28,29)17-7-8-19(23)18(22)9-17/h1-9,11,26H,10,12H2,(H,25,27). The van der Waals surface area contributed by atoms with Crippen molar-refractivity contribution in [1.82, 2.24) is 15.0 Å². The van der Waals surface area contributed by atoms with Gasteiger partial charge >= 0.3 is 0 Å². The highest BCUT2D eigenvalue weighted by atomic mass is 35.5. The molecule has 10 heteroatoms. The maximum Gasteiger partial charge on any atom is 0.253 e. The predicted molar refractivity (Wildman–Crippen MR) is 112 cm³/mol. The van der Waals surface area contributed by atoms with Crippen LogP contribution >= 0.6 is 23.2 Å². The third kappa shape index (κ3) is 5.76. The van der Waals surface area contributed by atoms with Gasteiger partial charge in [0, 0.05) is 17.8 Å². The number of benzene rings is 2. The Morgan fingerprint density at radius 3 is 2.37 bits per heavy atom. The van der Waals surface area contributed by atoms with Crippen LogP contribution < -0.4 is 10.0 Å². The lowest BCUT2D eigenvalue weighted by Crippen LogP contribution is -2.25. The van der Waals surface area contributed by atoms with Crippen LogP contribution in [0.25, 0.3) is 0 Å². The molecule has 156 valence electrons. The topological polar surface area (TPSA) is 88.2 Å². The van der Waals surface area contributed by atoms with Crippen molar-refractivity contribution in [1.29, 1.82) is 0 Å². The maximum atomic E-state index is 13.2. The first-order chi connectivity index (χ1) is 14.2. The quantitative estimate of drug-likeness (QED) is 0.550. The molecule has 2 N–H and O–H groups in total. The molecule has 0 aliphatic rings. The van der Waals surface area contributed by atoms with Gasteiger partial charge in [-0.1, -0.05) is 35.3 Å². The molecule has 0 saturated carbocycles. The Bertz CT molecular complexity index is 1150. The van der Waals surface area contributed by atoms with E-state index in [1.807, 2.05) is 12.1 Å². The van der Waals surface area contributed by atoms with Crippen LogP contribution in [0.2, 0.25) is 10.0 Å². The van der Waals surface area contributed by atoms with Gasteiger partial charge in [-0.05, 0) is 48.0 Å². The smallest absolute Gasteiger partial charge is 0.253 e. The van der Waals surface area contributed by atoms with Gasteiger partial charge in [0.15, 0.2) is 0 Å². The van der Waals surface area contributed by atoms with Crippen LogP contribution in [0.4, 0.5) is 4.39 Å². The lowest BCUT2D eigenvalue weighted by molar-refractivity contribution is 0.0950. The van der Waals surface area contributed by atoms with Crippen LogP contribution in [0.5, 0.6) is 0 Å². The zero-order chi connectivity index (χ0) is 21.7. The van der Waals surface area contributed by atoms with Gasteiger partial charge in [0.1, 0.15) is 5.82 Å². The molecule has 0 radical (unpaired) electrons. The SMILES string of the molecule is O=C(NCc1ccc(Cl)cc1)c1ccc(CNS(=O)(=O)c2ccc(F)c(Cl)c2)nc1. The van der Waals surface area contributed by atoms with Crippen LogP contribution in [0.15, 0.2) is 65.7 Å². The summed E-state index contributed by atoms with van der Waals surface area (Å²) in [4.78, 5) is 16.2. The van der Waals surface area contributed by atoms with E-state index in [0.29, 0.717) is 22.8 Å². The first-order valence-electron chi connectivity index (χ1n) is 8.67. The fraction of sp³-hybridized carbons (Fsp3) is 0.100. The minimum absolute atomic E-state index is 0.107. The van der Waals surface area contributed by atoms with Crippen molar-refractivity contribution in [3.8, 4) is 0 Å². The molecule has 0 bridgehead atoms. The summed E-state index contributed by atoms with van der Waals surface area (Å²) in [7, 11) is -3.90. The number of rotatable bonds is 7. The Morgan fingerprint density at radius 1 is 1.00 bits per heavy atom. The van der Waals surface area contributed by atoms with Crippen LogP contribution in [0.1, 0.15) is 21.6 Å². The molecule has 1 heterocycles. The van der Waals surface area contributed by atoms with Crippen molar-refractivity contribution in [2.75, 3.05) is 0 Å². The molecule has 1 aromatic heterocycles. The van der Waals surface area contributed by atoms with Gasteiger partial charge in [-0.3, -0.25) is 9.78 Å². The fourth-order valence-corrected chi connectivity index (χ4v) is 3.84. The van der Waals surface area contributed by atoms with E-state index in [2.05, 4.69) is 15.0 Å². The van der Waals surface area contributed by atoms with Crippen molar-refractivity contribution in [3.63, 3.8) is 0 Å². The van der Waals surface area contributed by atoms with Crippen molar-refractivity contribution < 1.29 is 17.6 Å². The molecule has 30 heavy (non-hydrogen) atoms. The number of nitrogens with one attached hydrogen (secondary N) is 2. The van der Waals surface area contributed by atoms with Crippen LogP contribution in [0.3, 0.4) is 0 Å². The van der Waals surface area contributed by atoms with E-state index in [1.54, 1.807) is 18.2 Å². The van der Waals surface area contributed by atoms with Gasteiger partial charge < -0.3 is 5.32 Å². The average Bonchev–Trinajstić information content (AvgIpc) is 2.74. The number of amides is 1. The van der Waals surface area contributed by atoms with Crippen molar-refractivity contribution >= 4 is 39.1 Å². The number of carbonyl (C=O) groups is 1. The molecule has 0 aliphatic carbocycles. The highest BCUT2D eigenvalue weighted by Gasteiger charge is 2.16. The number of sulfonamides is 1. The van der Waals surface area contributed by atoms with E-state index in [9.17, 15) is 17.6 Å². The molecular formula is C20H16Cl2FN3O3S. The molecule has 6 nitrogen and oxygen atoms in total. The molecule has 0 spiro atoms. The third-order valence-corrected chi connectivity index (χ3v) is 6.04. The second kappa shape index (κ2) is 9.53. The summed E-state index contributed by atoms with van der Waals surface area (Å²) in [5.41, 5.74) is 1.63. The number of aromatic nitrogens is 1. The highest BCUT2D eigenvalue weighted by Crippen LogP contribution is 2.19. The molecule has 1 amide bonds. The summed E-state index contributed by atoms with van der Waals surface area (Å²) >= 11 is 11.5. The Labute approximate surface area is 183 Å². The molecule has 0 unspecified atom stereocenters. The second-order valence-electron chi connectivity index (χ2n) is 6.25. The van der Waals surface area contributed by atoms with Crippen LogP contribution in [-0.4, -0.2) is 19.3 Å². The van der Waals surface area contributed by atoms with Gasteiger partial charge in [0.05, 0.1) is 27.7 Å². The third-order valence-electron chi connectivity index (χ3n) is 4.10. The zero-order valence-corrected chi connectivity index (χ0v) is 17.7. The summed E-state index contributed by atoms with van der Waals surface area (Å²) in [5, 5.41) is 3.09. The number of hydrogen-bond donors (Lipinski definition) is 2. The predicted octanol–water partition coefficient (Wildman–Crippen LogP) is 3.94. The van der Waals surface area contributed by atoms with E-state index in [4.69, 9.17) is 23.2 Å². The number of pyridine rings is 1. The van der Waals surface area contributed by atoms with E-state index < -0.39 is 15.8 Å². The van der Waals surface area contributed by atoms with Gasteiger partial charge in [-0.15, -0.1) is 0 Å². The van der Waals surface area contributed by atoms with Crippen molar-refractivity contribution in [2.45, 2.75) is 18.0 Å². The van der Waals surface area contributed by atoms with E-state index >= 15 is 0 Å². The number of carbonyl (C=O) groups excluding carboxylic acids is 1. The summed E-state index contributed by atoms with van der Waals surface area (Å²) in [6, 6.07) is 13.3. The molecule has 0 aliphatic heterocycles. The van der Waals surface area contributed by atoms with Crippen LogP contribution in [0, 0.1) is 5.82 Å². The van der Waals surface area contributed by atoms with E-state index in [-0.39, 0.29) is 22.4 Å².